The third kappa shape index (κ3) is 3.79. The summed E-state index contributed by atoms with van der Waals surface area (Å²) < 4.78 is 0. The summed E-state index contributed by atoms with van der Waals surface area (Å²) >= 11 is 0. The Balaban J connectivity index is 1.82. The lowest BCUT2D eigenvalue weighted by molar-refractivity contribution is -0.128. The summed E-state index contributed by atoms with van der Waals surface area (Å²) in [6, 6.07) is 7.73. The second kappa shape index (κ2) is 7.19. The summed E-state index contributed by atoms with van der Waals surface area (Å²) in [7, 11) is 0. The number of hydrogen-bond acceptors (Lipinski definition) is 4. The molecule has 2 atom stereocenters. The lowest BCUT2D eigenvalue weighted by Crippen LogP contribution is -2.32. The molecular formula is C19H24N4O2. The number of carbonyl (C=O) groups excluding carboxylic acids is 1. The van der Waals surface area contributed by atoms with Crippen LogP contribution in [0.2, 0.25) is 0 Å². The number of rotatable bonds is 4. The number of aliphatic hydroxyl groups is 1. The summed E-state index contributed by atoms with van der Waals surface area (Å²) in [5.74, 6) is 1.27. The van der Waals surface area contributed by atoms with Gasteiger partial charge >= 0.3 is 0 Å². The summed E-state index contributed by atoms with van der Waals surface area (Å²) in [5, 5.41) is 17.2. The van der Waals surface area contributed by atoms with Crippen LogP contribution in [0.5, 0.6) is 0 Å². The lowest BCUT2D eigenvalue weighted by Gasteiger charge is -2.22. The van der Waals surface area contributed by atoms with E-state index in [1.807, 2.05) is 44.2 Å². The fraction of sp³-hybridized carbons (Fsp3) is 0.421. The largest absolute Gasteiger partial charge is 0.391 e. The number of aliphatic hydroxyl groups excluding tert-OH is 1. The van der Waals surface area contributed by atoms with E-state index in [-0.39, 0.29) is 11.9 Å². The smallest absolute Gasteiger partial charge is 0.250 e. The summed E-state index contributed by atoms with van der Waals surface area (Å²) in [4.78, 5) is 19.0. The van der Waals surface area contributed by atoms with Gasteiger partial charge in [-0.05, 0) is 25.5 Å². The molecule has 0 spiro atoms. The minimum absolute atomic E-state index is 0.0926. The predicted octanol–water partition coefficient (Wildman–Crippen LogP) is 2.41. The number of amides is 1. The van der Waals surface area contributed by atoms with Crippen LogP contribution in [0.3, 0.4) is 0 Å². The first-order valence-corrected chi connectivity index (χ1v) is 8.63. The number of hydrogen-bond donors (Lipinski definition) is 2. The molecule has 3 rings (SSSR count). The van der Waals surface area contributed by atoms with Crippen molar-refractivity contribution in [1.29, 1.82) is 0 Å². The Labute approximate surface area is 147 Å². The molecule has 0 radical (unpaired) electrons. The van der Waals surface area contributed by atoms with Crippen LogP contribution >= 0.6 is 0 Å². The van der Waals surface area contributed by atoms with E-state index in [1.54, 1.807) is 11.8 Å². The van der Waals surface area contributed by atoms with E-state index in [1.165, 1.54) is 5.56 Å². The van der Waals surface area contributed by atoms with E-state index >= 15 is 0 Å². The molecule has 1 aliphatic rings. The van der Waals surface area contributed by atoms with Gasteiger partial charge in [0, 0.05) is 25.0 Å². The van der Waals surface area contributed by atoms with Gasteiger partial charge < -0.3 is 10.0 Å². The third-order valence-corrected chi connectivity index (χ3v) is 4.52. The molecule has 0 saturated carbocycles. The predicted molar refractivity (Wildman–Crippen MR) is 95.7 cm³/mol. The van der Waals surface area contributed by atoms with Crippen molar-refractivity contribution in [3.8, 4) is 0 Å². The van der Waals surface area contributed by atoms with Gasteiger partial charge in [0.1, 0.15) is 5.82 Å². The Morgan fingerprint density at radius 1 is 1.40 bits per heavy atom. The molecule has 0 unspecified atom stereocenters. The van der Waals surface area contributed by atoms with Crippen LogP contribution in [0.4, 0.5) is 0 Å². The number of aromatic nitrogens is 3. The summed E-state index contributed by atoms with van der Waals surface area (Å²) in [5.41, 5.74) is 2.80. The van der Waals surface area contributed by atoms with Gasteiger partial charge in [-0.2, -0.15) is 5.10 Å². The van der Waals surface area contributed by atoms with Crippen LogP contribution in [0.25, 0.3) is 6.08 Å². The number of nitrogens with zero attached hydrogens (tertiary/aromatic N) is 3. The number of β-amino-alcohol motifs (C(OH)–C–C–N with tert-alkyl or cyclic N) is 1. The number of benzene rings is 1. The van der Waals surface area contributed by atoms with Crippen molar-refractivity contribution in [2.45, 2.75) is 45.8 Å². The van der Waals surface area contributed by atoms with E-state index in [0.29, 0.717) is 24.4 Å². The van der Waals surface area contributed by atoms with Gasteiger partial charge in [-0.25, -0.2) is 4.98 Å². The molecule has 2 heterocycles. The number of carbonyl (C=O) groups is 1. The molecule has 2 aromatic rings. The first-order valence-electron chi connectivity index (χ1n) is 8.63. The second-order valence-electron chi connectivity index (χ2n) is 6.59. The van der Waals surface area contributed by atoms with E-state index < -0.39 is 6.10 Å². The maximum Gasteiger partial charge on any atom is 0.250 e. The molecule has 0 aliphatic carbocycles. The van der Waals surface area contributed by atoms with Crippen molar-refractivity contribution in [1.82, 2.24) is 20.1 Å². The number of nitrogens with one attached hydrogen (secondary N) is 1. The molecule has 2 N–H and O–H groups in total. The monoisotopic (exact) mass is 340 g/mol. The molecule has 1 saturated heterocycles. The van der Waals surface area contributed by atoms with Crippen molar-refractivity contribution in [2.24, 2.45) is 0 Å². The number of aryl methyl sites for hydroxylation is 2. The van der Waals surface area contributed by atoms with Crippen LogP contribution in [0.15, 0.2) is 29.8 Å². The standard InChI is InChI=1S/C19H24N4O2/c1-4-17-20-18(22-21-17)16-10-15(24)11-23(16)19(25)13(3)9-14-7-5-12(2)6-8-14/h5-9,15-16,24H,4,10-11H2,1-3H3,(H,20,21,22)/b13-9+/t15-,16+/m1/s1. The van der Waals surface area contributed by atoms with Crippen LogP contribution in [0.1, 0.15) is 49.1 Å². The van der Waals surface area contributed by atoms with E-state index in [0.717, 1.165) is 17.8 Å². The minimum Gasteiger partial charge on any atom is -0.391 e. The van der Waals surface area contributed by atoms with Crippen molar-refractivity contribution in [2.75, 3.05) is 6.54 Å². The average molecular weight is 340 g/mol. The molecule has 1 aromatic carbocycles. The molecule has 6 nitrogen and oxygen atoms in total. The highest BCUT2D eigenvalue weighted by atomic mass is 16.3. The summed E-state index contributed by atoms with van der Waals surface area (Å²) in [6.45, 7) is 6.13. The Morgan fingerprint density at radius 3 is 2.76 bits per heavy atom. The molecule has 6 heteroatoms. The molecule has 0 bridgehead atoms. The Bertz CT molecular complexity index is 779. The van der Waals surface area contributed by atoms with Gasteiger partial charge in [-0.3, -0.25) is 9.89 Å². The van der Waals surface area contributed by atoms with E-state index in [2.05, 4.69) is 15.2 Å². The number of likely N-dealkylation sites (tertiary alicyclic amines) is 1. The zero-order valence-corrected chi connectivity index (χ0v) is 14.9. The zero-order valence-electron chi connectivity index (χ0n) is 14.9. The zero-order chi connectivity index (χ0) is 18.0. The summed E-state index contributed by atoms with van der Waals surface area (Å²) in [6.07, 6.45) is 2.54. The maximum absolute atomic E-state index is 12.9. The fourth-order valence-corrected chi connectivity index (χ4v) is 3.10. The molecule has 1 amide bonds. The van der Waals surface area contributed by atoms with Crippen LogP contribution in [-0.4, -0.2) is 43.7 Å². The molecular weight excluding hydrogens is 316 g/mol. The Kier molecular flexibility index (Phi) is 4.99. The van der Waals surface area contributed by atoms with Gasteiger partial charge in [-0.15, -0.1) is 0 Å². The lowest BCUT2D eigenvalue weighted by atomic mass is 10.1. The first kappa shape index (κ1) is 17.4. The van der Waals surface area contributed by atoms with Crippen molar-refractivity contribution in [3.05, 3.63) is 52.6 Å². The molecule has 1 aliphatic heterocycles. The molecule has 1 aromatic heterocycles. The van der Waals surface area contributed by atoms with Gasteiger partial charge in [-0.1, -0.05) is 36.8 Å². The van der Waals surface area contributed by atoms with Gasteiger partial charge in [0.2, 0.25) is 5.91 Å². The SMILES string of the molecule is CCc1nc([C@@H]2C[C@@H](O)CN2C(=O)/C(C)=C/c2ccc(C)cc2)n[nH]1. The highest BCUT2D eigenvalue weighted by Crippen LogP contribution is 2.31. The highest BCUT2D eigenvalue weighted by molar-refractivity contribution is 5.97. The van der Waals surface area contributed by atoms with Gasteiger partial charge in [0.05, 0.1) is 12.1 Å². The average Bonchev–Trinajstić information content (AvgIpc) is 3.22. The highest BCUT2D eigenvalue weighted by Gasteiger charge is 2.37. The molecule has 25 heavy (non-hydrogen) atoms. The third-order valence-electron chi connectivity index (χ3n) is 4.52. The van der Waals surface area contributed by atoms with Crippen LogP contribution in [-0.2, 0) is 11.2 Å². The Morgan fingerprint density at radius 2 is 2.12 bits per heavy atom. The maximum atomic E-state index is 12.9. The second-order valence-corrected chi connectivity index (χ2v) is 6.59. The van der Waals surface area contributed by atoms with Crippen LogP contribution in [0, 0.1) is 6.92 Å². The molecule has 1 fully saturated rings. The molecule has 132 valence electrons. The number of aromatic amines is 1. The van der Waals surface area contributed by atoms with Crippen molar-refractivity contribution in [3.63, 3.8) is 0 Å². The number of H-pyrrole nitrogens is 1. The normalized spacial score (nSPS) is 21.0. The van der Waals surface area contributed by atoms with Crippen LogP contribution < -0.4 is 0 Å². The van der Waals surface area contributed by atoms with Crippen molar-refractivity contribution >= 4 is 12.0 Å². The Hall–Kier alpha value is -2.47. The fourth-order valence-electron chi connectivity index (χ4n) is 3.10. The van der Waals surface area contributed by atoms with Gasteiger partial charge in [0.25, 0.3) is 0 Å². The van der Waals surface area contributed by atoms with E-state index in [4.69, 9.17) is 0 Å². The minimum atomic E-state index is -0.551. The first-order chi connectivity index (χ1) is 12.0. The van der Waals surface area contributed by atoms with E-state index in [9.17, 15) is 9.90 Å². The topological polar surface area (TPSA) is 82.1 Å². The quantitative estimate of drug-likeness (QED) is 0.838. The van der Waals surface area contributed by atoms with Gasteiger partial charge in [0.15, 0.2) is 5.82 Å². The van der Waals surface area contributed by atoms with Crippen molar-refractivity contribution < 1.29 is 9.90 Å².